The highest BCUT2D eigenvalue weighted by atomic mass is 79.9. The maximum Gasteiger partial charge on any atom is 0.196 e. The van der Waals surface area contributed by atoms with Crippen molar-refractivity contribution in [2.24, 2.45) is 0 Å². The van der Waals surface area contributed by atoms with Gasteiger partial charge in [0.2, 0.25) is 0 Å². The minimum Gasteiger partial charge on any atom is -0.300 e. The van der Waals surface area contributed by atoms with Gasteiger partial charge in [0.1, 0.15) is 5.82 Å². The van der Waals surface area contributed by atoms with Gasteiger partial charge in [0, 0.05) is 15.7 Å². The Hall–Kier alpha value is -2.03. The van der Waals surface area contributed by atoms with E-state index in [-0.39, 0.29) is 23.4 Å². The number of Topliss-reactive ketones (excluding diaryl/α,β-unsaturated/α-hetero) is 1. The molecular formula is C20H20BrFN4OS. The second-order valence-electron chi connectivity index (χ2n) is 6.51. The largest absolute Gasteiger partial charge is 0.300 e. The van der Waals surface area contributed by atoms with E-state index in [4.69, 9.17) is 0 Å². The number of ketones is 1. The van der Waals surface area contributed by atoms with E-state index in [0.29, 0.717) is 10.7 Å². The highest BCUT2D eigenvalue weighted by Crippen LogP contribution is 2.27. The molecule has 0 N–H and O–H groups in total. The minimum absolute atomic E-state index is 0.00200. The first-order valence-electron chi connectivity index (χ1n) is 8.66. The molecule has 0 amide bonds. The van der Waals surface area contributed by atoms with E-state index in [2.05, 4.69) is 26.1 Å². The molecule has 8 heteroatoms. The maximum absolute atomic E-state index is 13.4. The Morgan fingerprint density at radius 3 is 2.57 bits per heavy atom. The summed E-state index contributed by atoms with van der Waals surface area (Å²) in [6.07, 6.45) is 0. The van der Waals surface area contributed by atoms with Gasteiger partial charge in [0.25, 0.3) is 0 Å². The molecule has 0 aliphatic carbocycles. The van der Waals surface area contributed by atoms with Gasteiger partial charge in [-0.2, -0.15) is 0 Å². The summed E-state index contributed by atoms with van der Waals surface area (Å²) in [7, 11) is 3.91. The molecule has 3 rings (SSSR count). The summed E-state index contributed by atoms with van der Waals surface area (Å²) in [5, 5.41) is 9.23. The molecule has 1 atom stereocenters. The van der Waals surface area contributed by atoms with Crippen molar-refractivity contribution in [3.63, 3.8) is 0 Å². The molecule has 3 aromatic rings. The number of carbonyl (C=O) groups is 1. The molecule has 0 radical (unpaired) electrons. The first-order valence-corrected chi connectivity index (χ1v) is 10.4. The predicted molar refractivity (Wildman–Crippen MR) is 113 cm³/mol. The second kappa shape index (κ2) is 8.98. The van der Waals surface area contributed by atoms with Crippen LogP contribution in [0.2, 0.25) is 0 Å². The van der Waals surface area contributed by atoms with Crippen LogP contribution in [-0.4, -0.2) is 45.3 Å². The molecule has 28 heavy (non-hydrogen) atoms. The minimum atomic E-state index is -0.307. The summed E-state index contributed by atoms with van der Waals surface area (Å²) >= 11 is 4.70. The van der Waals surface area contributed by atoms with E-state index in [1.807, 2.05) is 42.6 Å². The van der Waals surface area contributed by atoms with Crippen molar-refractivity contribution < 1.29 is 9.18 Å². The first kappa shape index (κ1) is 20.7. The number of rotatable bonds is 7. The third-order valence-corrected chi connectivity index (χ3v) is 5.79. The summed E-state index contributed by atoms with van der Waals surface area (Å²) in [5.41, 5.74) is 1.39. The van der Waals surface area contributed by atoms with Crippen LogP contribution in [0.4, 0.5) is 4.39 Å². The quantitative estimate of drug-likeness (QED) is 0.374. The van der Waals surface area contributed by atoms with E-state index in [0.717, 1.165) is 16.0 Å². The van der Waals surface area contributed by atoms with Crippen molar-refractivity contribution in [3.8, 4) is 5.69 Å². The zero-order valence-electron chi connectivity index (χ0n) is 15.8. The molecule has 0 spiro atoms. The number of benzene rings is 2. The molecule has 0 aliphatic rings. The smallest absolute Gasteiger partial charge is 0.196 e. The van der Waals surface area contributed by atoms with Gasteiger partial charge >= 0.3 is 0 Å². The van der Waals surface area contributed by atoms with Crippen LogP contribution in [0, 0.1) is 5.82 Å². The molecular weight excluding hydrogens is 443 g/mol. The fourth-order valence-electron chi connectivity index (χ4n) is 2.58. The van der Waals surface area contributed by atoms with Crippen molar-refractivity contribution >= 4 is 33.5 Å². The van der Waals surface area contributed by atoms with Crippen molar-refractivity contribution in [1.29, 1.82) is 0 Å². The lowest BCUT2D eigenvalue weighted by Crippen LogP contribution is -2.20. The fourth-order valence-corrected chi connectivity index (χ4v) is 3.84. The number of nitrogens with zero attached hydrogens (tertiary/aromatic N) is 4. The van der Waals surface area contributed by atoms with Gasteiger partial charge in [-0.3, -0.25) is 14.3 Å². The normalized spacial score (nSPS) is 12.4. The standard InChI is InChI=1S/C20H20BrFN4OS/c1-13(25(2)3)19-23-24-20(26(19)17-9-7-16(22)8-10-17)28-12-18(27)14-5-4-6-15(21)11-14/h4-11,13H,12H2,1-3H3/t13-/m1/s1. The Bertz CT molecular complexity index is 975. The molecule has 1 heterocycles. The summed E-state index contributed by atoms with van der Waals surface area (Å²) in [6.45, 7) is 2.02. The Morgan fingerprint density at radius 2 is 1.93 bits per heavy atom. The Morgan fingerprint density at radius 1 is 1.21 bits per heavy atom. The molecule has 0 fully saturated rings. The molecule has 2 aromatic carbocycles. The van der Waals surface area contributed by atoms with E-state index >= 15 is 0 Å². The van der Waals surface area contributed by atoms with Crippen LogP contribution >= 0.6 is 27.7 Å². The van der Waals surface area contributed by atoms with Crippen molar-refractivity contribution in [3.05, 3.63) is 70.2 Å². The highest BCUT2D eigenvalue weighted by Gasteiger charge is 2.21. The third-order valence-electron chi connectivity index (χ3n) is 4.37. The molecule has 0 bridgehead atoms. The van der Waals surface area contributed by atoms with Crippen LogP contribution in [0.15, 0.2) is 58.2 Å². The van der Waals surface area contributed by atoms with Gasteiger partial charge in [-0.25, -0.2) is 4.39 Å². The Labute approximate surface area is 176 Å². The number of thioether (sulfide) groups is 1. The Kier molecular flexibility index (Phi) is 6.64. The third kappa shape index (κ3) is 4.68. The average Bonchev–Trinajstić information content (AvgIpc) is 3.09. The summed E-state index contributed by atoms with van der Waals surface area (Å²) in [5.74, 6) is 0.654. The predicted octanol–water partition coefficient (Wildman–Crippen LogP) is 4.77. The van der Waals surface area contributed by atoms with Crippen LogP contribution in [0.5, 0.6) is 0 Å². The molecule has 0 saturated heterocycles. The number of hydrogen-bond donors (Lipinski definition) is 0. The van der Waals surface area contributed by atoms with Gasteiger partial charge in [-0.15, -0.1) is 10.2 Å². The van der Waals surface area contributed by atoms with Crippen molar-refractivity contribution in [2.45, 2.75) is 18.1 Å². The summed E-state index contributed by atoms with van der Waals surface area (Å²) in [4.78, 5) is 14.6. The number of carbonyl (C=O) groups excluding carboxylic acids is 1. The van der Waals surface area contributed by atoms with Gasteiger partial charge in [0.15, 0.2) is 16.8 Å². The number of halogens is 2. The first-order chi connectivity index (χ1) is 13.4. The van der Waals surface area contributed by atoms with Gasteiger partial charge in [-0.05, 0) is 57.4 Å². The van der Waals surface area contributed by atoms with Crippen LogP contribution < -0.4 is 0 Å². The van der Waals surface area contributed by atoms with Crippen LogP contribution in [0.25, 0.3) is 5.69 Å². The van der Waals surface area contributed by atoms with E-state index < -0.39 is 0 Å². The number of aromatic nitrogens is 3. The molecule has 146 valence electrons. The maximum atomic E-state index is 13.4. The molecule has 0 aliphatic heterocycles. The average molecular weight is 463 g/mol. The lowest BCUT2D eigenvalue weighted by atomic mass is 10.2. The zero-order chi connectivity index (χ0) is 20.3. The van der Waals surface area contributed by atoms with E-state index in [1.165, 1.54) is 23.9 Å². The van der Waals surface area contributed by atoms with Crippen LogP contribution in [0.1, 0.15) is 29.1 Å². The Balaban J connectivity index is 1.90. The monoisotopic (exact) mass is 462 g/mol. The molecule has 0 saturated carbocycles. The topological polar surface area (TPSA) is 51.0 Å². The van der Waals surface area contributed by atoms with Crippen LogP contribution in [0.3, 0.4) is 0 Å². The van der Waals surface area contributed by atoms with E-state index in [1.54, 1.807) is 24.3 Å². The number of hydrogen-bond acceptors (Lipinski definition) is 5. The molecule has 0 unspecified atom stereocenters. The van der Waals surface area contributed by atoms with Gasteiger partial charge < -0.3 is 0 Å². The molecule has 1 aromatic heterocycles. The summed E-state index contributed by atoms with van der Waals surface area (Å²) < 4.78 is 16.1. The van der Waals surface area contributed by atoms with Crippen molar-refractivity contribution in [1.82, 2.24) is 19.7 Å². The van der Waals surface area contributed by atoms with E-state index in [9.17, 15) is 9.18 Å². The van der Waals surface area contributed by atoms with Crippen LogP contribution in [-0.2, 0) is 0 Å². The lowest BCUT2D eigenvalue weighted by molar-refractivity contribution is 0.102. The zero-order valence-corrected chi connectivity index (χ0v) is 18.2. The fraction of sp³-hybridized carbons (Fsp3) is 0.250. The lowest BCUT2D eigenvalue weighted by Gasteiger charge is -2.20. The SMILES string of the molecule is C[C@H](c1nnc(SCC(=O)c2cccc(Br)c2)n1-c1ccc(F)cc1)N(C)C. The van der Waals surface area contributed by atoms with Gasteiger partial charge in [-0.1, -0.05) is 39.8 Å². The van der Waals surface area contributed by atoms with Crippen molar-refractivity contribution in [2.75, 3.05) is 19.8 Å². The molecule has 5 nitrogen and oxygen atoms in total. The second-order valence-corrected chi connectivity index (χ2v) is 8.37. The van der Waals surface area contributed by atoms with Gasteiger partial charge in [0.05, 0.1) is 11.8 Å². The highest BCUT2D eigenvalue weighted by molar-refractivity contribution is 9.10. The summed E-state index contributed by atoms with van der Waals surface area (Å²) in [6, 6.07) is 13.5.